The van der Waals surface area contributed by atoms with Crippen LogP contribution in [0.1, 0.15) is 145 Å². The molecule has 0 spiro atoms. The zero-order valence-electron chi connectivity index (χ0n) is 82.2. The van der Waals surface area contributed by atoms with Gasteiger partial charge in [0.15, 0.2) is 0 Å². The van der Waals surface area contributed by atoms with Gasteiger partial charge in [-0.2, -0.15) is 0 Å². The Kier molecular flexibility index (Phi) is 17.3. The number of benzene rings is 20. The van der Waals surface area contributed by atoms with Crippen LogP contribution in [0.15, 0.2) is 508 Å². The Balaban J connectivity index is 0.0000000831. The minimum absolute atomic E-state index is 0.126. The van der Waals surface area contributed by atoms with Gasteiger partial charge in [0.2, 0.25) is 0 Å². The van der Waals surface area contributed by atoms with Crippen LogP contribution in [0.3, 0.4) is 0 Å². The van der Waals surface area contributed by atoms with Crippen molar-refractivity contribution in [2.75, 3.05) is 19.6 Å². The molecule has 0 fully saturated rings. The van der Waals surface area contributed by atoms with Crippen molar-refractivity contribution >= 4 is 105 Å². The molecule has 0 saturated heterocycles. The third-order valence-corrected chi connectivity index (χ3v) is 35.5. The van der Waals surface area contributed by atoms with Crippen molar-refractivity contribution in [1.82, 2.24) is 9.13 Å². The predicted octanol–water partition coefficient (Wildman–Crippen LogP) is 36.4. The van der Waals surface area contributed by atoms with E-state index in [1.54, 1.807) is 0 Å². The molecule has 14 heterocycles. The van der Waals surface area contributed by atoms with Crippen molar-refractivity contribution in [3.8, 4) is 89.0 Å². The molecule has 0 N–H and O–H groups in total. The predicted molar refractivity (Wildman–Crippen MR) is 620 cm³/mol. The van der Waals surface area contributed by atoms with Gasteiger partial charge < -0.3 is 28.7 Å². The lowest BCUT2D eigenvalue weighted by Gasteiger charge is -2.45. The molecule has 0 bridgehead atoms. The van der Waals surface area contributed by atoms with Crippen molar-refractivity contribution in [2.24, 2.45) is 0 Å². The van der Waals surface area contributed by atoms with Crippen LogP contribution in [0, 0.1) is 0 Å². The zero-order chi connectivity index (χ0) is 97.5. The minimum Gasteiger partial charge on any atom is -0.332 e. The highest BCUT2D eigenvalue weighted by Crippen LogP contribution is 2.66. The average Bonchev–Trinajstić information content (AvgIpc) is 1.50. The van der Waals surface area contributed by atoms with Crippen molar-refractivity contribution in [3.63, 3.8) is 0 Å². The first-order valence-corrected chi connectivity index (χ1v) is 53.4. The Hall–Kier alpha value is -18.6. The van der Waals surface area contributed by atoms with E-state index < -0.39 is 0 Å². The van der Waals surface area contributed by atoms with Gasteiger partial charge in [-0.25, -0.2) is 0 Å². The van der Waals surface area contributed by atoms with Crippen molar-refractivity contribution < 1.29 is 0 Å². The summed E-state index contributed by atoms with van der Waals surface area (Å²) in [4.78, 5) is 10.2. The summed E-state index contributed by atoms with van der Waals surface area (Å²) in [5.41, 5.74) is 66.1. The fraction of sp³-hybridized carbons (Fsp3) is 0.0694. The topological polar surface area (TPSA) is 22.8 Å². The van der Waals surface area contributed by atoms with Crippen LogP contribution in [-0.2, 0) is 0 Å². The molecule has 38 rings (SSSR count). The normalized spacial score (nSPS) is 18.3. The van der Waals surface area contributed by atoms with Crippen LogP contribution in [0.4, 0.5) is 28.4 Å². The monoisotopic (exact) mass is 1910 g/mol. The van der Waals surface area contributed by atoms with E-state index in [-0.39, 0.29) is 30.2 Å². The maximum atomic E-state index is 2.67. The van der Waals surface area contributed by atoms with Crippen molar-refractivity contribution in [2.45, 2.75) is 61.9 Å². The molecule has 0 radical (unpaired) electrons. The quantitative estimate of drug-likeness (QED) is 0.151. The standard InChI is InChI=1S/C48H26N2.4C24H17N/c1-3-11-29-25(9-1)31-13-5-15-33-35-17-7-19-37-41-27-22-24-40-42(28(27)21-23-39(41)45(29)49(43(31)33)47(35)37)38-20-8-18-36-34-16-6-14-32-26-10-2-4-12-30(26)46(40)50(44(32)34)48(36)38;3*1-3-11-20-16(8-1)18-10-5-6-14-22(18)25-23-15-7-13-19(23)17-9-2-4-12-21(17)24(20)25;1-2-11-20-16(8-1)18-9-3-5-14-22(18)25-23-15-6-4-10-19(23)17-12-7-13-21(17)24(20)25/h1-24,45-46H;1-6,8-15,24H,7H2;1-12,14-15,24H,13H2;1-14,24H,15H2;1-12,14-15,24H,13H2. The third-order valence-electron chi connectivity index (χ3n) is 35.5. The largest absolute Gasteiger partial charge is 0.332 e. The lowest BCUT2D eigenvalue weighted by molar-refractivity contribution is 0.716. The summed E-state index contributed by atoms with van der Waals surface area (Å²) in [5.74, 6) is 0. The van der Waals surface area contributed by atoms with Crippen molar-refractivity contribution in [3.05, 3.63) is 592 Å². The average molecular weight is 1910 g/mol. The molecular weight excluding hydrogens is 1810 g/mol. The SMILES string of the molecule is C1=C2C(=CC1)N1c3ccccc3-c3ccccc3C1c1ccccc12.C1=CC2=C(C1)C1c3ccccc3-c3ccccc3N1c1ccccc12.C1=CC2=C(C1)N1c3ccccc3-c3ccccc3C1c1ccccc12.C1=CC2=C(C1)c1ccccc1C1c3ccccc3-c3ccccc3N21.c1ccc2c(c1)-c1cccc3c4cccc5c4n(c13)C2c1ccc2c3c(ccc2c1-5)C1c2ccccc2-c2cccc4c5cccc-3c5n1c24. The highest BCUT2D eigenvalue weighted by atomic mass is 15.2. The van der Waals surface area contributed by atoms with Crippen LogP contribution in [0.5, 0.6) is 0 Å². The molecule has 6 atom stereocenters. The van der Waals surface area contributed by atoms with Gasteiger partial charge in [0.25, 0.3) is 0 Å². The molecule has 22 aromatic rings. The molecular formula is C144H94N6. The Labute approximate surface area is 870 Å². The second-order valence-electron chi connectivity index (χ2n) is 42.4. The van der Waals surface area contributed by atoms with E-state index in [9.17, 15) is 0 Å². The first kappa shape index (κ1) is 82.7. The van der Waals surface area contributed by atoms with Gasteiger partial charge in [0.1, 0.15) is 0 Å². The number of fused-ring (bicyclic) bond motifs is 58. The first-order chi connectivity index (χ1) is 74.6. The Morgan fingerprint density at radius 3 is 0.993 bits per heavy atom. The summed E-state index contributed by atoms with van der Waals surface area (Å²) in [6.45, 7) is 0. The number of hydrogen-bond donors (Lipinski definition) is 0. The first-order valence-electron chi connectivity index (χ1n) is 53.4. The molecule has 2 aromatic heterocycles. The van der Waals surface area contributed by atoms with E-state index in [1.165, 1.54) is 300 Å². The number of hydrogen-bond acceptors (Lipinski definition) is 4. The number of para-hydroxylation sites is 9. The van der Waals surface area contributed by atoms with E-state index in [4.69, 9.17) is 0 Å². The number of nitrogens with zero attached hydrogens (tertiary/aromatic N) is 6. The molecule has 4 aliphatic carbocycles. The fourth-order valence-corrected chi connectivity index (χ4v) is 29.9. The van der Waals surface area contributed by atoms with Gasteiger partial charge in [0.05, 0.1) is 58.3 Å². The van der Waals surface area contributed by atoms with Crippen LogP contribution < -0.4 is 19.6 Å². The highest BCUT2D eigenvalue weighted by molar-refractivity contribution is 6.25. The van der Waals surface area contributed by atoms with Crippen LogP contribution in [0.25, 0.3) is 166 Å². The molecule has 0 amide bonds. The molecule has 6 nitrogen and oxygen atoms in total. The maximum absolute atomic E-state index is 2.67. The summed E-state index contributed by atoms with van der Waals surface area (Å²) < 4.78 is 5.33. The summed E-state index contributed by atoms with van der Waals surface area (Å²) in [7, 11) is 0. The number of anilines is 5. The van der Waals surface area contributed by atoms with E-state index in [0.29, 0.717) is 6.04 Å². The maximum Gasteiger partial charge on any atom is 0.0857 e. The van der Waals surface area contributed by atoms with E-state index in [2.05, 4.69) is 514 Å². The molecule has 150 heavy (non-hydrogen) atoms. The van der Waals surface area contributed by atoms with Gasteiger partial charge >= 0.3 is 0 Å². The molecule has 0 saturated carbocycles. The Morgan fingerprint density at radius 1 is 0.187 bits per heavy atom. The van der Waals surface area contributed by atoms with Gasteiger partial charge in [-0.05, 0) is 206 Å². The summed E-state index contributed by atoms with van der Waals surface area (Å²) >= 11 is 0. The van der Waals surface area contributed by atoms with Crippen LogP contribution in [0.2, 0.25) is 0 Å². The molecule has 12 aliphatic heterocycles. The van der Waals surface area contributed by atoms with E-state index in [1.807, 2.05) is 0 Å². The lowest BCUT2D eigenvalue weighted by atomic mass is 9.77. The molecule has 6 unspecified atom stereocenters. The van der Waals surface area contributed by atoms with Crippen LogP contribution >= 0.6 is 0 Å². The number of rotatable bonds is 0. The molecule has 16 aliphatic rings. The van der Waals surface area contributed by atoms with Gasteiger partial charge in [-0.15, -0.1) is 0 Å². The van der Waals surface area contributed by atoms with Gasteiger partial charge in [0, 0.05) is 135 Å². The third kappa shape index (κ3) is 11.1. The molecule has 700 valence electrons. The minimum atomic E-state index is 0.126. The van der Waals surface area contributed by atoms with E-state index >= 15 is 0 Å². The molecule has 20 aromatic carbocycles. The smallest absolute Gasteiger partial charge is 0.0857 e. The summed E-state index contributed by atoms with van der Waals surface area (Å²) in [6, 6.07) is 164. The van der Waals surface area contributed by atoms with E-state index in [0.717, 1.165) is 25.7 Å². The Morgan fingerprint density at radius 2 is 0.507 bits per heavy atom. The summed E-state index contributed by atoms with van der Waals surface area (Å²) in [5, 5.41) is 8.09. The number of allylic oxidation sites excluding steroid dienone is 12. The number of aromatic nitrogens is 2. The second kappa shape index (κ2) is 31.5. The fourth-order valence-electron chi connectivity index (χ4n) is 29.9. The Bertz CT molecular complexity index is 9730. The second-order valence-corrected chi connectivity index (χ2v) is 42.4. The zero-order valence-corrected chi connectivity index (χ0v) is 82.2. The van der Waals surface area contributed by atoms with Gasteiger partial charge in [-0.1, -0.05) is 449 Å². The van der Waals surface area contributed by atoms with Crippen LogP contribution in [-0.4, -0.2) is 9.13 Å². The lowest BCUT2D eigenvalue weighted by Crippen LogP contribution is -2.36. The summed E-state index contributed by atoms with van der Waals surface area (Å²) in [6.07, 6.45) is 22.7. The van der Waals surface area contributed by atoms with Crippen molar-refractivity contribution in [1.29, 1.82) is 0 Å². The highest BCUT2D eigenvalue weighted by Gasteiger charge is 2.48. The van der Waals surface area contributed by atoms with Gasteiger partial charge in [-0.3, -0.25) is 0 Å². The molecule has 6 heteroatoms.